The second-order valence-corrected chi connectivity index (χ2v) is 13.2. The second-order valence-electron chi connectivity index (χ2n) is 13.2. The summed E-state index contributed by atoms with van der Waals surface area (Å²) in [4.78, 5) is 0. The maximum Gasteiger partial charge on any atom is 0.0986 e. The molecular formula is C40H54O. The van der Waals surface area contributed by atoms with Gasteiger partial charge in [0, 0.05) is 0 Å². The molecule has 1 heteroatoms. The highest BCUT2D eigenvalue weighted by Crippen LogP contribution is 2.40. The monoisotopic (exact) mass is 550 g/mol. The van der Waals surface area contributed by atoms with Gasteiger partial charge in [0.15, 0.2) is 0 Å². The lowest BCUT2D eigenvalue weighted by molar-refractivity contribution is 0.164. The highest BCUT2D eigenvalue weighted by Gasteiger charge is 2.26. The van der Waals surface area contributed by atoms with Gasteiger partial charge >= 0.3 is 0 Å². The minimum atomic E-state index is -1.01. The molecule has 2 rings (SSSR count). The predicted molar refractivity (Wildman–Crippen MR) is 183 cm³/mol. The summed E-state index contributed by atoms with van der Waals surface area (Å²) in [5.41, 5.74) is 8.28. The first-order valence-corrected chi connectivity index (χ1v) is 15.0. The van der Waals surface area contributed by atoms with Gasteiger partial charge in [-0.1, -0.05) is 141 Å². The molecule has 0 aliphatic heterocycles. The van der Waals surface area contributed by atoms with E-state index >= 15 is 0 Å². The molecule has 0 heterocycles. The zero-order valence-electron chi connectivity index (χ0n) is 27.4. The summed E-state index contributed by atoms with van der Waals surface area (Å²) in [5, 5.41) is 10.8. The fourth-order valence-electron chi connectivity index (χ4n) is 5.26. The molecule has 1 nitrogen and oxygen atoms in total. The molecule has 1 unspecified atom stereocenters. The summed E-state index contributed by atoms with van der Waals surface area (Å²) in [6.45, 7) is 21.7. The molecule has 2 aliphatic rings. The summed E-state index contributed by atoms with van der Waals surface area (Å²) in [6, 6.07) is 0. The molecule has 0 spiro atoms. The van der Waals surface area contributed by atoms with Crippen LogP contribution < -0.4 is 0 Å². The summed E-state index contributed by atoms with van der Waals surface area (Å²) in [6.07, 6.45) is 39.1. The fraction of sp³-hybridized carbons (Fsp3) is 0.400. The molecular weight excluding hydrogens is 496 g/mol. The van der Waals surface area contributed by atoms with Gasteiger partial charge in [-0.2, -0.15) is 0 Å². The molecule has 0 saturated carbocycles. The number of aliphatic hydroxyl groups is 1. The van der Waals surface area contributed by atoms with Crippen molar-refractivity contribution in [1.29, 1.82) is 0 Å². The van der Waals surface area contributed by atoms with Crippen LogP contribution in [0.1, 0.15) is 88.5 Å². The molecule has 0 aromatic heterocycles. The standard InChI is InChI=1S/C40H54O/c1-31(19-13-20-33(3)24-25-36-34(4)22-15-27-38(36,6)7)17-11-12-18-32(2)21-14-29-40(10,41)30-26-37-35(5)23-16-28-39(37,8)9/h11-14,16-26,29-30,41H,15,27-28H2,1-10H3/b17-11+,18-12+,20-13+,29-14+,30-26+,31-19+,32-21+,33-24+,36-25+. The number of hydrogen-bond acceptors (Lipinski definition) is 1. The van der Waals surface area contributed by atoms with Gasteiger partial charge in [-0.15, -0.1) is 0 Å². The molecule has 220 valence electrons. The highest BCUT2D eigenvalue weighted by atomic mass is 16.3. The van der Waals surface area contributed by atoms with E-state index in [0.29, 0.717) is 0 Å². The first-order chi connectivity index (χ1) is 19.1. The molecule has 0 aromatic rings. The van der Waals surface area contributed by atoms with Crippen molar-refractivity contribution in [1.82, 2.24) is 0 Å². The Hall–Kier alpha value is -3.16. The van der Waals surface area contributed by atoms with E-state index in [1.54, 1.807) is 0 Å². The number of rotatable bonds is 10. The van der Waals surface area contributed by atoms with Crippen molar-refractivity contribution in [2.24, 2.45) is 10.8 Å². The lowest BCUT2D eigenvalue weighted by Gasteiger charge is -2.32. The molecule has 0 fully saturated rings. The minimum Gasteiger partial charge on any atom is -0.382 e. The van der Waals surface area contributed by atoms with E-state index in [-0.39, 0.29) is 10.8 Å². The van der Waals surface area contributed by atoms with Crippen LogP contribution in [0.5, 0.6) is 0 Å². The Labute approximate surface area is 251 Å². The van der Waals surface area contributed by atoms with E-state index < -0.39 is 5.60 Å². The molecule has 0 aromatic carbocycles. The van der Waals surface area contributed by atoms with Crippen LogP contribution in [0.15, 0.2) is 142 Å². The average molecular weight is 551 g/mol. The summed E-state index contributed by atoms with van der Waals surface area (Å²) in [5.74, 6) is 0. The molecule has 1 N–H and O–H groups in total. The van der Waals surface area contributed by atoms with Gasteiger partial charge in [0.2, 0.25) is 0 Å². The van der Waals surface area contributed by atoms with Crippen molar-refractivity contribution in [3.8, 4) is 0 Å². The lowest BCUT2D eigenvalue weighted by Crippen LogP contribution is -2.20. The van der Waals surface area contributed by atoms with E-state index in [2.05, 4.69) is 135 Å². The zero-order chi connectivity index (χ0) is 30.7. The summed E-state index contributed by atoms with van der Waals surface area (Å²) in [7, 11) is 0. The maximum absolute atomic E-state index is 10.8. The Morgan fingerprint density at radius 2 is 1.39 bits per heavy atom. The van der Waals surface area contributed by atoms with Crippen LogP contribution in [0.4, 0.5) is 0 Å². The Bertz CT molecular complexity index is 1290. The van der Waals surface area contributed by atoms with Crippen LogP contribution in [0.25, 0.3) is 0 Å². The summed E-state index contributed by atoms with van der Waals surface area (Å²) >= 11 is 0. The Balaban J connectivity index is 1.92. The first kappa shape index (κ1) is 34.0. The van der Waals surface area contributed by atoms with Gasteiger partial charge < -0.3 is 5.11 Å². The van der Waals surface area contributed by atoms with E-state index in [0.717, 1.165) is 12.0 Å². The quantitative estimate of drug-likeness (QED) is 0.268. The molecule has 1 atom stereocenters. The van der Waals surface area contributed by atoms with Crippen molar-refractivity contribution in [2.45, 2.75) is 94.1 Å². The van der Waals surface area contributed by atoms with Crippen LogP contribution in [-0.4, -0.2) is 10.7 Å². The fourth-order valence-corrected chi connectivity index (χ4v) is 5.26. The van der Waals surface area contributed by atoms with Crippen molar-refractivity contribution in [3.63, 3.8) is 0 Å². The van der Waals surface area contributed by atoms with Crippen LogP contribution in [0, 0.1) is 10.8 Å². The average Bonchev–Trinajstić information content (AvgIpc) is 2.85. The molecule has 2 aliphatic carbocycles. The van der Waals surface area contributed by atoms with Crippen LogP contribution in [0.2, 0.25) is 0 Å². The van der Waals surface area contributed by atoms with Crippen molar-refractivity contribution >= 4 is 0 Å². The van der Waals surface area contributed by atoms with Crippen LogP contribution in [0.3, 0.4) is 0 Å². The maximum atomic E-state index is 10.8. The van der Waals surface area contributed by atoms with E-state index in [1.165, 1.54) is 46.3 Å². The molecule has 0 bridgehead atoms. The SMILES string of the molecule is CC1=CCCC(C)(C)/C1=C/C=C(C)/C=C/C=C(C)/C=C/C=C/C(C)=C/C=C/C(C)(O)/C=C/C1=C(C)C=CCC1(C)C. The Kier molecular flexibility index (Phi) is 12.6. The zero-order valence-corrected chi connectivity index (χ0v) is 27.4. The third-order valence-electron chi connectivity index (χ3n) is 7.96. The molecule has 41 heavy (non-hydrogen) atoms. The number of allylic oxidation sites excluding steroid dienone is 22. The van der Waals surface area contributed by atoms with Gasteiger partial charge in [-0.25, -0.2) is 0 Å². The topological polar surface area (TPSA) is 20.2 Å². The molecule has 0 amide bonds. The van der Waals surface area contributed by atoms with E-state index in [9.17, 15) is 5.11 Å². The second kappa shape index (κ2) is 15.2. The Morgan fingerprint density at radius 1 is 0.805 bits per heavy atom. The molecule has 0 radical (unpaired) electrons. The molecule has 0 saturated heterocycles. The predicted octanol–water partition coefficient (Wildman–Crippen LogP) is 11.4. The minimum absolute atomic E-state index is 0.0881. The lowest BCUT2D eigenvalue weighted by atomic mass is 9.73. The van der Waals surface area contributed by atoms with Crippen LogP contribution >= 0.6 is 0 Å². The van der Waals surface area contributed by atoms with Gasteiger partial charge in [0.05, 0.1) is 5.60 Å². The third-order valence-corrected chi connectivity index (χ3v) is 7.96. The van der Waals surface area contributed by atoms with Crippen molar-refractivity contribution in [3.05, 3.63) is 142 Å². The normalized spacial score (nSPS) is 23.2. The van der Waals surface area contributed by atoms with Crippen molar-refractivity contribution in [2.75, 3.05) is 0 Å². The third kappa shape index (κ3) is 11.7. The Morgan fingerprint density at radius 3 is 2.00 bits per heavy atom. The number of hydrogen-bond donors (Lipinski definition) is 1. The van der Waals surface area contributed by atoms with Gasteiger partial charge in [0.1, 0.15) is 0 Å². The van der Waals surface area contributed by atoms with E-state index in [1.807, 2.05) is 37.3 Å². The van der Waals surface area contributed by atoms with E-state index in [4.69, 9.17) is 0 Å². The van der Waals surface area contributed by atoms with Gasteiger partial charge in [-0.3, -0.25) is 0 Å². The first-order valence-electron chi connectivity index (χ1n) is 15.0. The van der Waals surface area contributed by atoms with Gasteiger partial charge in [-0.05, 0) is 101 Å². The van der Waals surface area contributed by atoms with Gasteiger partial charge in [0.25, 0.3) is 0 Å². The smallest absolute Gasteiger partial charge is 0.0986 e. The highest BCUT2D eigenvalue weighted by molar-refractivity contribution is 5.42. The largest absolute Gasteiger partial charge is 0.382 e. The summed E-state index contributed by atoms with van der Waals surface area (Å²) < 4.78 is 0. The van der Waals surface area contributed by atoms with Crippen molar-refractivity contribution < 1.29 is 5.11 Å². The van der Waals surface area contributed by atoms with Crippen LogP contribution in [-0.2, 0) is 0 Å².